The molecule has 2 rings (SSSR count). The van der Waals surface area contributed by atoms with Gasteiger partial charge in [0.05, 0.1) is 12.9 Å². The van der Waals surface area contributed by atoms with Gasteiger partial charge in [0.1, 0.15) is 5.52 Å². The van der Waals surface area contributed by atoms with Crippen molar-refractivity contribution in [1.29, 1.82) is 0 Å². The van der Waals surface area contributed by atoms with Gasteiger partial charge in [0.2, 0.25) is 0 Å². The van der Waals surface area contributed by atoms with E-state index in [1.165, 1.54) is 10.9 Å². The van der Waals surface area contributed by atoms with Gasteiger partial charge in [0, 0.05) is 5.69 Å². The molecule has 0 spiro atoms. The van der Waals surface area contributed by atoms with Gasteiger partial charge >= 0.3 is 0 Å². The first-order valence-electron chi connectivity index (χ1n) is 4.79. The average molecular weight is 211 g/mol. The number of halogens is 2. The number of pyridine rings is 1. The Kier molecular flexibility index (Phi) is 2.62. The second kappa shape index (κ2) is 3.92. The van der Waals surface area contributed by atoms with Gasteiger partial charge in [-0.3, -0.25) is 0 Å². The maximum absolute atomic E-state index is 12.2. The third-order valence-corrected chi connectivity index (χ3v) is 2.22. The Bertz CT molecular complexity index is 465. The Morgan fingerprint density at radius 1 is 1.40 bits per heavy atom. The largest absolute Gasteiger partial charge is 0.310 e. The van der Waals surface area contributed by atoms with E-state index in [1.54, 1.807) is 0 Å². The van der Waals surface area contributed by atoms with E-state index in [2.05, 4.69) is 9.97 Å². The molecule has 0 radical (unpaired) electrons. The van der Waals surface area contributed by atoms with Gasteiger partial charge in [0.25, 0.3) is 6.43 Å². The molecular weight excluding hydrogens is 200 g/mol. The molecule has 15 heavy (non-hydrogen) atoms. The van der Waals surface area contributed by atoms with Gasteiger partial charge in [-0.25, -0.2) is 18.7 Å². The topological polar surface area (TPSA) is 30.7 Å². The first-order valence-corrected chi connectivity index (χ1v) is 4.79. The lowest BCUT2D eigenvalue weighted by atomic mass is 10.3. The molecule has 0 saturated carbocycles. The van der Waals surface area contributed by atoms with Crippen LogP contribution in [0.4, 0.5) is 8.78 Å². The second-order valence-corrected chi connectivity index (χ2v) is 3.29. The third-order valence-electron chi connectivity index (χ3n) is 2.22. The van der Waals surface area contributed by atoms with Crippen molar-refractivity contribution >= 4 is 11.2 Å². The molecule has 0 fully saturated rings. The predicted molar refractivity (Wildman–Crippen MR) is 52.9 cm³/mol. The van der Waals surface area contributed by atoms with Crippen molar-refractivity contribution in [3.63, 3.8) is 0 Å². The molecule has 3 nitrogen and oxygen atoms in total. The smallest absolute Gasteiger partial charge is 0.256 e. The number of hydrogen-bond acceptors (Lipinski definition) is 2. The highest BCUT2D eigenvalue weighted by atomic mass is 19.3. The normalized spacial score (nSPS) is 11.5. The minimum Gasteiger partial charge on any atom is -0.310 e. The molecule has 0 unspecified atom stereocenters. The third kappa shape index (κ3) is 1.95. The molecule has 2 heterocycles. The summed E-state index contributed by atoms with van der Waals surface area (Å²) >= 11 is 0. The van der Waals surface area contributed by atoms with Crippen LogP contribution < -0.4 is 0 Å². The Hall–Kier alpha value is -1.52. The lowest BCUT2D eigenvalue weighted by Crippen LogP contribution is -2.06. The highest BCUT2D eigenvalue weighted by molar-refractivity contribution is 5.70. The summed E-state index contributed by atoms with van der Waals surface area (Å²) < 4.78 is 25.9. The molecule has 0 aliphatic heterocycles. The molecule has 5 heteroatoms. The van der Waals surface area contributed by atoms with E-state index in [9.17, 15) is 8.78 Å². The molecule has 0 N–H and O–H groups in total. The summed E-state index contributed by atoms with van der Waals surface area (Å²) in [6.45, 7) is 1.62. The first kappa shape index (κ1) is 10.0. The fourth-order valence-electron chi connectivity index (χ4n) is 1.46. The van der Waals surface area contributed by atoms with Gasteiger partial charge in [-0.05, 0) is 18.6 Å². The summed E-state index contributed by atoms with van der Waals surface area (Å²) in [6, 6.07) is 3.67. The molecule has 80 valence electrons. The zero-order valence-corrected chi connectivity index (χ0v) is 8.32. The SMILES string of the molecule is CCc1ccc2ncn(CC(F)F)c2n1. The number of hydrogen-bond donors (Lipinski definition) is 0. The lowest BCUT2D eigenvalue weighted by Gasteiger charge is -2.02. The number of aromatic nitrogens is 3. The number of nitrogens with zero attached hydrogens (tertiary/aromatic N) is 3. The second-order valence-electron chi connectivity index (χ2n) is 3.29. The Labute approximate surface area is 85.8 Å². The molecule has 0 saturated heterocycles. The van der Waals surface area contributed by atoms with E-state index in [1.807, 2.05) is 19.1 Å². The molecule has 0 aliphatic carbocycles. The van der Waals surface area contributed by atoms with Crippen LogP contribution in [0.15, 0.2) is 18.5 Å². The zero-order chi connectivity index (χ0) is 10.8. The van der Waals surface area contributed by atoms with Crippen molar-refractivity contribution < 1.29 is 8.78 Å². The Morgan fingerprint density at radius 3 is 2.87 bits per heavy atom. The van der Waals surface area contributed by atoms with Crippen molar-refractivity contribution in [2.45, 2.75) is 26.3 Å². The van der Waals surface area contributed by atoms with Crippen molar-refractivity contribution in [3.05, 3.63) is 24.2 Å². The average Bonchev–Trinajstić information content (AvgIpc) is 2.60. The van der Waals surface area contributed by atoms with Crippen LogP contribution in [0.25, 0.3) is 11.2 Å². The maximum Gasteiger partial charge on any atom is 0.256 e. The number of alkyl halides is 2. The molecule has 0 bridgehead atoms. The molecule has 0 aliphatic rings. The van der Waals surface area contributed by atoms with Gasteiger partial charge < -0.3 is 4.57 Å². The quantitative estimate of drug-likeness (QED) is 0.779. The summed E-state index contributed by atoms with van der Waals surface area (Å²) in [7, 11) is 0. The Balaban J connectivity index is 2.46. The van der Waals surface area contributed by atoms with E-state index < -0.39 is 6.43 Å². The number of fused-ring (bicyclic) bond motifs is 1. The lowest BCUT2D eigenvalue weighted by molar-refractivity contribution is 0.128. The Morgan fingerprint density at radius 2 is 2.20 bits per heavy atom. The van der Waals surface area contributed by atoms with Gasteiger partial charge in [0.15, 0.2) is 5.65 Å². The minimum absolute atomic E-state index is 0.351. The van der Waals surface area contributed by atoms with Gasteiger partial charge in [-0.1, -0.05) is 6.92 Å². The number of rotatable bonds is 3. The van der Waals surface area contributed by atoms with Crippen molar-refractivity contribution in [2.75, 3.05) is 0 Å². The molecule has 2 aromatic rings. The summed E-state index contributed by atoms with van der Waals surface area (Å²) in [5.41, 5.74) is 2.08. The van der Waals surface area contributed by atoms with Gasteiger partial charge in [-0.2, -0.15) is 0 Å². The fraction of sp³-hybridized carbons (Fsp3) is 0.400. The van der Waals surface area contributed by atoms with Crippen LogP contribution in [0.3, 0.4) is 0 Å². The molecule has 2 aromatic heterocycles. The van der Waals surface area contributed by atoms with Crippen molar-refractivity contribution in [1.82, 2.24) is 14.5 Å². The predicted octanol–water partition coefficient (Wildman–Crippen LogP) is 2.26. The van der Waals surface area contributed by atoms with Gasteiger partial charge in [-0.15, -0.1) is 0 Å². The van der Waals surface area contributed by atoms with Crippen LogP contribution in [0.1, 0.15) is 12.6 Å². The van der Waals surface area contributed by atoms with E-state index in [0.29, 0.717) is 11.2 Å². The fourth-order valence-corrected chi connectivity index (χ4v) is 1.46. The van der Waals surface area contributed by atoms with E-state index in [0.717, 1.165) is 12.1 Å². The monoisotopic (exact) mass is 211 g/mol. The van der Waals surface area contributed by atoms with Crippen LogP contribution in [0, 0.1) is 0 Å². The molecule has 0 amide bonds. The van der Waals surface area contributed by atoms with Crippen molar-refractivity contribution in [2.24, 2.45) is 0 Å². The van der Waals surface area contributed by atoms with Crippen LogP contribution in [0.2, 0.25) is 0 Å². The molecule has 0 aromatic carbocycles. The summed E-state index contributed by atoms with van der Waals surface area (Å²) in [4.78, 5) is 8.29. The standard InChI is InChI=1S/C10H11F2N3/c1-2-7-3-4-8-10(14-7)15(6-13-8)5-9(11)12/h3-4,6,9H,2,5H2,1H3. The van der Waals surface area contributed by atoms with Crippen LogP contribution in [-0.4, -0.2) is 21.0 Å². The van der Waals surface area contributed by atoms with E-state index in [-0.39, 0.29) is 6.54 Å². The number of aryl methyl sites for hydroxylation is 1. The zero-order valence-electron chi connectivity index (χ0n) is 8.32. The highest BCUT2D eigenvalue weighted by Gasteiger charge is 2.09. The summed E-state index contributed by atoms with van der Waals surface area (Å²) in [5.74, 6) is 0. The molecular formula is C10H11F2N3. The minimum atomic E-state index is -2.38. The summed E-state index contributed by atoms with van der Waals surface area (Å²) in [5, 5.41) is 0. The number of imidazole rings is 1. The highest BCUT2D eigenvalue weighted by Crippen LogP contribution is 2.12. The maximum atomic E-state index is 12.2. The van der Waals surface area contributed by atoms with Crippen LogP contribution in [0.5, 0.6) is 0 Å². The van der Waals surface area contributed by atoms with Crippen molar-refractivity contribution in [3.8, 4) is 0 Å². The van der Waals surface area contributed by atoms with E-state index >= 15 is 0 Å². The molecule has 0 atom stereocenters. The van der Waals surface area contributed by atoms with Crippen LogP contribution >= 0.6 is 0 Å². The summed E-state index contributed by atoms with van der Waals surface area (Å²) in [6.07, 6.45) is -0.187. The van der Waals surface area contributed by atoms with E-state index in [4.69, 9.17) is 0 Å². The first-order chi connectivity index (χ1) is 7.20. The van der Waals surface area contributed by atoms with Crippen LogP contribution in [-0.2, 0) is 13.0 Å².